The minimum absolute atomic E-state index is 0.0256. The van der Waals surface area contributed by atoms with Crippen LogP contribution in [0.1, 0.15) is 44.0 Å². The van der Waals surface area contributed by atoms with Gasteiger partial charge in [0, 0.05) is 31.0 Å². The van der Waals surface area contributed by atoms with Gasteiger partial charge in [-0.3, -0.25) is 4.79 Å². The first-order chi connectivity index (χ1) is 13.8. The van der Waals surface area contributed by atoms with E-state index in [1.807, 2.05) is 4.90 Å². The second kappa shape index (κ2) is 8.90. The van der Waals surface area contributed by atoms with Gasteiger partial charge >= 0.3 is 6.09 Å². The van der Waals surface area contributed by atoms with Crippen molar-refractivity contribution in [3.8, 4) is 0 Å². The lowest BCUT2D eigenvalue weighted by Crippen LogP contribution is -2.46. The summed E-state index contributed by atoms with van der Waals surface area (Å²) < 4.78 is 30.0. The van der Waals surface area contributed by atoms with Crippen LogP contribution in [0.5, 0.6) is 0 Å². The molecule has 1 heterocycles. The molecule has 11 heteroatoms. The summed E-state index contributed by atoms with van der Waals surface area (Å²) in [6.07, 6.45) is 1.85. The number of ether oxygens (including phenoxy) is 1. The number of aliphatic imine (C=N–C) groups is 1. The Bertz CT molecular complexity index is 941. The molecule has 1 aromatic carbocycles. The number of hydrogen-bond acceptors (Lipinski definition) is 6. The maximum atomic E-state index is 12.3. The zero-order valence-electron chi connectivity index (χ0n) is 17.6. The third-order valence-electron chi connectivity index (χ3n) is 4.39. The average Bonchev–Trinajstić information content (AvgIpc) is 2.59. The molecule has 0 aliphatic carbocycles. The Morgan fingerprint density at radius 1 is 1.20 bits per heavy atom. The van der Waals surface area contributed by atoms with Crippen LogP contribution < -0.4 is 21.7 Å². The van der Waals surface area contributed by atoms with Crippen LogP contribution in [0.4, 0.5) is 10.5 Å². The molecule has 0 saturated carbocycles. The molecule has 2 amide bonds. The summed E-state index contributed by atoms with van der Waals surface area (Å²) in [6.45, 7) is 6.45. The molecule has 0 radical (unpaired) electrons. The average molecular weight is 440 g/mol. The van der Waals surface area contributed by atoms with Gasteiger partial charge in [-0.2, -0.15) is 4.99 Å². The summed E-state index contributed by atoms with van der Waals surface area (Å²) in [5, 5.41) is 2.85. The third-order valence-corrected chi connectivity index (χ3v) is 5.52. The van der Waals surface area contributed by atoms with Gasteiger partial charge in [0.2, 0.25) is 0 Å². The number of alkyl carbamates (subject to hydrolysis) is 1. The Kier molecular flexibility index (Phi) is 6.96. The molecule has 1 aliphatic heterocycles. The molecule has 0 bridgehead atoms. The van der Waals surface area contributed by atoms with Crippen molar-refractivity contribution in [1.29, 1.82) is 0 Å². The van der Waals surface area contributed by atoms with Crippen LogP contribution in [-0.4, -0.2) is 57.4 Å². The molecule has 0 atom stereocenters. The number of guanidine groups is 1. The highest BCUT2D eigenvalue weighted by atomic mass is 32.2. The molecule has 0 unspecified atom stereocenters. The number of nitrogens with zero attached hydrogens (tertiary/aromatic N) is 2. The van der Waals surface area contributed by atoms with Gasteiger partial charge in [0.05, 0.1) is 10.6 Å². The third kappa shape index (κ3) is 6.61. The lowest BCUT2D eigenvalue weighted by atomic mass is 10.0. The van der Waals surface area contributed by atoms with Crippen molar-refractivity contribution in [2.45, 2.75) is 50.2 Å². The van der Waals surface area contributed by atoms with E-state index in [2.05, 4.69) is 10.3 Å². The first-order valence-electron chi connectivity index (χ1n) is 9.49. The number of rotatable bonds is 4. The minimum atomic E-state index is -3.61. The Labute approximate surface area is 176 Å². The summed E-state index contributed by atoms with van der Waals surface area (Å²) in [4.78, 5) is 29.4. The fourth-order valence-corrected chi connectivity index (χ4v) is 4.04. The SMILES string of the molecule is CC(C)(C)OC(=O)NC1CCN(c2ccc(C(=O)N=C(N)N)cc2S(C)(=O)=O)CC1. The highest BCUT2D eigenvalue weighted by Gasteiger charge is 2.27. The van der Waals surface area contributed by atoms with E-state index >= 15 is 0 Å². The number of anilines is 1. The topological polar surface area (TPSA) is 157 Å². The van der Waals surface area contributed by atoms with Gasteiger partial charge in [-0.25, -0.2) is 13.2 Å². The lowest BCUT2D eigenvalue weighted by molar-refractivity contribution is 0.0497. The second-order valence-corrected chi connectivity index (χ2v) is 10.2. The molecule has 166 valence electrons. The zero-order chi connectivity index (χ0) is 22.7. The molecule has 5 N–H and O–H groups in total. The molecule has 1 fully saturated rings. The van der Waals surface area contributed by atoms with E-state index in [-0.39, 0.29) is 16.5 Å². The summed E-state index contributed by atoms with van der Waals surface area (Å²) >= 11 is 0. The van der Waals surface area contributed by atoms with Crippen LogP contribution in [0, 0.1) is 0 Å². The van der Waals surface area contributed by atoms with E-state index in [0.29, 0.717) is 31.6 Å². The van der Waals surface area contributed by atoms with E-state index in [1.54, 1.807) is 26.8 Å². The Morgan fingerprint density at radius 2 is 1.80 bits per heavy atom. The summed E-state index contributed by atoms with van der Waals surface area (Å²) in [5.41, 5.74) is 10.4. The van der Waals surface area contributed by atoms with Crippen LogP contribution in [0.25, 0.3) is 0 Å². The van der Waals surface area contributed by atoms with Gasteiger partial charge < -0.3 is 26.4 Å². The number of amides is 2. The number of nitrogens with two attached hydrogens (primary N) is 2. The van der Waals surface area contributed by atoms with E-state index < -0.39 is 33.4 Å². The predicted octanol–water partition coefficient (Wildman–Crippen LogP) is 0.997. The number of piperidine rings is 1. The minimum Gasteiger partial charge on any atom is -0.444 e. The van der Waals surface area contributed by atoms with Gasteiger partial charge in [0.25, 0.3) is 5.91 Å². The fourth-order valence-electron chi connectivity index (χ4n) is 3.13. The first-order valence-corrected chi connectivity index (χ1v) is 11.4. The van der Waals surface area contributed by atoms with Crippen molar-refractivity contribution < 1.29 is 22.7 Å². The highest BCUT2D eigenvalue weighted by Crippen LogP contribution is 2.29. The molecule has 1 saturated heterocycles. The molecule has 1 aromatic rings. The molecular weight excluding hydrogens is 410 g/mol. The van der Waals surface area contributed by atoms with Crippen molar-refractivity contribution in [2.24, 2.45) is 16.5 Å². The smallest absolute Gasteiger partial charge is 0.407 e. The van der Waals surface area contributed by atoms with Gasteiger partial charge in [-0.1, -0.05) is 0 Å². The number of carbonyl (C=O) groups excluding carboxylic acids is 2. The van der Waals surface area contributed by atoms with E-state index in [4.69, 9.17) is 16.2 Å². The van der Waals surface area contributed by atoms with Crippen molar-refractivity contribution in [1.82, 2.24) is 5.32 Å². The molecule has 1 aliphatic rings. The normalized spacial score (nSPS) is 15.4. The van der Waals surface area contributed by atoms with Gasteiger partial charge in [-0.05, 0) is 51.8 Å². The second-order valence-electron chi connectivity index (χ2n) is 8.20. The Balaban J connectivity index is 2.16. The van der Waals surface area contributed by atoms with Crippen molar-refractivity contribution in [3.05, 3.63) is 23.8 Å². The number of hydrogen-bond donors (Lipinski definition) is 3. The van der Waals surface area contributed by atoms with Crippen LogP contribution in [0.2, 0.25) is 0 Å². The Morgan fingerprint density at radius 3 is 2.30 bits per heavy atom. The molecular formula is C19H29N5O5S. The molecule has 2 rings (SSSR count). The first kappa shape index (κ1) is 23.5. The van der Waals surface area contributed by atoms with Crippen LogP contribution >= 0.6 is 0 Å². The largest absolute Gasteiger partial charge is 0.444 e. The number of benzene rings is 1. The molecule has 10 nitrogen and oxygen atoms in total. The fraction of sp³-hybridized carbons (Fsp3) is 0.526. The van der Waals surface area contributed by atoms with E-state index in [0.717, 1.165) is 6.26 Å². The van der Waals surface area contributed by atoms with Crippen LogP contribution in [0.3, 0.4) is 0 Å². The molecule has 30 heavy (non-hydrogen) atoms. The van der Waals surface area contributed by atoms with Gasteiger partial charge in [0.15, 0.2) is 15.8 Å². The number of nitrogens with one attached hydrogen (secondary N) is 1. The number of sulfone groups is 1. The maximum absolute atomic E-state index is 12.3. The van der Waals surface area contributed by atoms with Gasteiger partial charge in [-0.15, -0.1) is 0 Å². The van der Waals surface area contributed by atoms with Crippen LogP contribution in [-0.2, 0) is 14.6 Å². The summed E-state index contributed by atoms with van der Waals surface area (Å²) in [6, 6.07) is 4.28. The quantitative estimate of drug-likeness (QED) is 0.463. The predicted molar refractivity (Wildman–Crippen MR) is 114 cm³/mol. The number of carbonyl (C=O) groups is 2. The van der Waals surface area contributed by atoms with Crippen LogP contribution in [0.15, 0.2) is 28.1 Å². The summed E-state index contributed by atoms with van der Waals surface area (Å²) in [7, 11) is -3.61. The Hall–Kier alpha value is -2.82. The van der Waals surface area contributed by atoms with Gasteiger partial charge in [0.1, 0.15) is 5.60 Å². The van der Waals surface area contributed by atoms with Crippen molar-refractivity contribution in [3.63, 3.8) is 0 Å². The van der Waals surface area contributed by atoms with Crippen molar-refractivity contribution >= 4 is 33.5 Å². The summed E-state index contributed by atoms with van der Waals surface area (Å²) in [5.74, 6) is -1.11. The highest BCUT2D eigenvalue weighted by molar-refractivity contribution is 7.90. The van der Waals surface area contributed by atoms with E-state index in [9.17, 15) is 18.0 Å². The molecule has 0 spiro atoms. The van der Waals surface area contributed by atoms with E-state index in [1.165, 1.54) is 12.1 Å². The maximum Gasteiger partial charge on any atom is 0.407 e. The standard InChI is InChI=1S/C19H29N5O5S/c1-19(2,3)29-18(26)22-13-7-9-24(10-8-13)14-6-5-12(16(25)23-17(20)21)11-15(14)30(4,27)28/h5-6,11,13H,7-10H2,1-4H3,(H,22,26)(H4,20,21,23,25). The monoisotopic (exact) mass is 439 g/mol. The lowest BCUT2D eigenvalue weighted by Gasteiger charge is -2.35. The molecule has 0 aromatic heterocycles. The van der Waals surface area contributed by atoms with Crippen molar-refractivity contribution in [2.75, 3.05) is 24.2 Å². The zero-order valence-corrected chi connectivity index (χ0v) is 18.5.